The van der Waals surface area contributed by atoms with Gasteiger partial charge in [-0.25, -0.2) is 13.4 Å². The number of halogens is 1. The molecule has 0 N–H and O–H groups in total. The molecule has 1 aromatic heterocycles. The summed E-state index contributed by atoms with van der Waals surface area (Å²) in [6.07, 6.45) is 1.71. The Bertz CT molecular complexity index is 519. The molecule has 2 heterocycles. The lowest BCUT2D eigenvalue weighted by atomic mass is 10.2. The van der Waals surface area contributed by atoms with Crippen molar-refractivity contribution in [2.75, 3.05) is 23.8 Å². The first kappa shape index (κ1) is 15.1. The van der Waals surface area contributed by atoms with Crippen molar-refractivity contribution in [2.24, 2.45) is 0 Å². The van der Waals surface area contributed by atoms with Gasteiger partial charge in [-0.15, -0.1) is 0 Å². The van der Waals surface area contributed by atoms with Gasteiger partial charge in [-0.1, -0.05) is 24.6 Å². The second-order valence-corrected chi connectivity index (χ2v) is 8.43. The van der Waals surface area contributed by atoms with Gasteiger partial charge in [0.05, 0.1) is 0 Å². The third-order valence-corrected chi connectivity index (χ3v) is 6.74. The molecule has 1 saturated heterocycles. The normalized spacial score (nSPS) is 21.5. The quantitative estimate of drug-likeness (QED) is 0.795. The van der Waals surface area contributed by atoms with E-state index in [4.69, 9.17) is 11.6 Å². The number of hydrogen-bond donors (Lipinski definition) is 0. The summed E-state index contributed by atoms with van der Waals surface area (Å²) in [5, 5.41) is 0.0719. The Morgan fingerprint density at radius 3 is 2.95 bits per heavy atom. The van der Waals surface area contributed by atoms with Crippen molar-refractivity contribution in [3.63, 3.8) is 0 Å². The lowest BCUT2D eigenvalue weighted by Crippen LogP contribution is -2.47. The molecule has 0 aliphatic carbocycles. The molecule has 4 nitrogen and oxygen atoms in total. The Labute approximate surface area is 123 Å². The molecule has 2 rings (SSSR count). The SMILES string of the molecule is CCS(=O)(=O)C1CSCCN1Cc1ccc(Cl)nc1. The highest BCUT2D eigenvalue weighted by atomic mass is 35.5. The molecule has 1 unspecified atom stereocenters. The molecule has 1 atom stereocenters. The van der Waals surface area contributed by atoms with Gasteiger partial charge in [0.25, 0.3) is 0 Å². The van der Waals surface area contributed by atoms with E-state index in [1.807, 2.05) is 11.0 Å². The average Bonchev–Trinajstić information content (AvgIpc) is 2.42. The lowest BCUT2D eigenvalue weighted by Gasteiger charge is -2.34. The van der Waals surface area contributed by atoms with Crippen molar-refractivity contribution in [2.45, 2.75) is 18.8 Å². The van der Waals surface area contributed by atoms with Crippen LogP contribution in [0.5, 0.6) is 0 Å². The minimum absolute atomic E-state index is 0.188. The highest BCUT2D eigenvalue weighted by molar-refractivity contribution is 8.01. The van der Waals surface area contributed by atoms with Crippen LogP contribution in [0, 0.1) is 0 Å². The smallest absolute Gasteiger partial charge is 0.166 e. The van der Waals surface area contributed by atoms with Crippen LogP contribution in [-0.2, 0) is 16.4 Å². The third kappa shape index (κ3) is 3.84. The lowest BCUT2D eigenvalue weighted by molar-refractivity contribution is 0.261. The molecular weight excluding hydrogens is 304 g/mol. The molecule has 7 heteroatoms. The fourth-order valence-corrected chi connectivity index (χ4v) is 5.25. The van der Waals surface area contributed by atoms with E-state index < -0.39 is 9.84 Å². The van der Waals surface area contributed by atoms with Crippen LogP contribution in [0.4, 0.5) is 0 Å². The van der Waals surface area contributed by atoms with Crippen molar-refractivity contribution in [3.05, 3.63) is 29.0 Å². The summed E-state index contributed by atoms with van der Waals surface area (Å²) in [6.45, 7) is 3.10. The maximum Gasteiger partial charge on any atom is 0.166 e. The fraction of sp³-hybridized carbons (Fsp3) is 0.583. The van der Waals surface area contributed by atoms with Gasteiger partial charge in [-0.05, 0) is 11.6 Å². The molecule has 19 heavy (non-hydrogen) atoms. The number of aromatic nitrogens is 1. The Balaban J connectivity index is 2.14. The fourth-order valence-electron chi connectivity index (χ4n) is 2.05. The van der Waals surface area contributed by atoms with Gasteiger partial charge >= 0.3 is 0 Å². The zero-order valence-corrected chi connectivity index (χ0v) is 13.1. The Kier molecular flexibility index (Phi) is 5.11. The molecule has 0 spiro atoms. The molecule has 0 amide bonds. The van der Waals surface area contributed by atoms with E-state index in [1.54, 1.807) is 30.9 Å². The second-order valence-electron chi connectivity index (χ2n) is 4.44. The maximum absolute atomic E-state index is 12.1. The van der Waals surface area contributed by atoms with Crippen molar-refractivity contribution >= 4 is 33.2 Å². The monoisotopic (exact) mass is 320 g/mol. The largest absolute Gasteiger partial charge is 0.281 e. The van der Waals surface area contributed by atoms with Crippen molar-refractivity contribution in [1.82, 2.24) is 9.88 Å². The van der Waals surface area contributed by atoms with E-state index in [2.05, 4.69) is 4.98 Å². The third-order valence-electron chi connectivity index (χ3n) is 3.18. The minimum Gasteiger partial charge on any atom is -0.281 e. The topological polar surface area (TPSA) is 50.3 Å². The van der Waals surface area contributed by atoms with E-state index in [0.29, 0.717) is 17.5 Å². The number of sulfone groups is 1. The average molecular weight is 321 g/mol. The first-order valence-corrected chi connectivity index (χ1v) is 9.41. The van der Waals surface area contributed by atoms with E-state index in [-0.39, 0.29) is 11.1 Å². The van der Waals surface area contributed by atoms with Crippen LogP contribution in [0.2, 0.25) is 5.15 Å². The zero-order valence-electron chi connectivity index (χ0n) is 10.8. The number of nitrogens with zero attached hydrogens (tertiary/aromatic N) is 2. The Morgan fingerprint density at radius 1 is 1.53 bits per heavy atom. The summed E-state index contributed by atoms with van der Waals surface area (Å²) in [5.41, 5.74) is 0.993. The molecule has 0 radical (unpaired) electrons. The Hall–Kier alpha value is -0.300. The van der Waals surface area contributed by atoms with Crippen LogP contribution in [-0.4, -0.2) is 47.5 Å². The zero-order chi connectivity index (χ0) is 13.9. The summed E-state index contributed by atoms with van der Waals surface area (Å²) in [7, 11) is -3.04. The van der Waals surface area contributed by atoms with Gasteiger partial charge in [0.1, 0.15) is 10.5 Å². The summed E-state index contributed by atoms with van der Waals surface area (Å²) >= 11 is 7.46. The molecule has 0 aromatic carbocycles. The van der Waals surface area contributed by atoms with Crippen LogP contribution in [0.1, 0.15) is 12.5 Å². The molecule has 1 aliphatic heterocycles. The van der Waals surface area contributed by atoms with Crippen LogP contribution in [0.15, 0.2) is 18.3 Å². The van der Waals surface area contributed by atoms with Crippen LogP contribution in [0.25, 0.3) is 0 Å². The number of hydrogen-bond acceptors (Lipinski definition) is 5. The highest BCUT2D eigenvalue weighted by Crippen LogP contribution is 2.23. The van der Waals surface area contributed by atoms with Gasteiger partial charge in [0.15, 0.2) is 9.84 Å². The van der Waals surface area contributed by atoms with Gasteiger partial charge in [0.2, 0.25) is 0 Å². The van der Waals surface area contributed by atoms with Gasteiger partial charge in [-0.3, -0.25) is 4.90 Å². The van der Waals surface area contributed by atoms with E-state index in [9.17, 15) is 8.42 Å². The molecule has 1 aromatic rings. The predicted octanol–water partition coefficient (Wildman–Crippen LogP) is 2.04. The highest BCUT2D eigenvalue weighted by Gasteiger charge is 2.32. The number of rotatable bonds is 4. The predicted molar refractivity (Wildman–Crippen MR) is 80.2 cm³/mol. The summed E-state index contributed by atoms with van der Waals surface area (Å²) in [4.78, 5) is 6.06. The molecular formula is C12H17ClN2O2S2. The molecule has 1 fully saturated rings. The summed E-state index contributed by atoms with van der Waals surface area (Å²) in [5.74, 6) is 1.81. The molecule has 0 bridgehead atoms. The van der Waals surface area contributed by atoms with Gasteiger partial charge < -0.3 is 0 Å². The number of thioether (sulfide) groups is 1. The van der Waals surface area contributed by atoms with Crippen molar-refractivity contribution < 1.29 is 8.42 Å². The summed E-state index contributed by atoms with van der Waals surface area (Å²) in [6, 6.07) is 3.63. The van der Waals surface area contributed by atoms with Gasteiger partial charge in [0, 0.05) is 36.5 Å². The summed E-state index contributed by atoms with van der Waals surface area (Å²) < 4.78 is 24.2. The maximum atomic E-state index is 12.1. The molecule has 1 aliphatic rings. The second kappa shape index (κ2) is 6.43. The molecule has 106 valence electrons. The Morgan fingerprint density at radius 2 is 2.32 bits per heavy atom. The van der Waals surface area contributed by atoms with Gasteiger partial charge in [-0.2, -0.15) is 11.8 Å². The van der Waals surface area contributed by atoms with Crippen LogP contribution >= 0.6 is 23.4 Å². The standard InChI is InChI=1S/C12H17ClN2O2S2/c1-2-19(16,17)12-9-18-6-5-15(12)8-10-3-4-11(13)14-7-10/h3-4,7,12H,2,5-6,8-9H2,1H3. The van der Waals surface area contributed by atoms with Crippen molar-refractivity contribution in [3.8, 4) is 0 Å². The van der Waals surface area contributed by atoms with E-state index >= 15 is 0 Å². The minimum atomic E-state index is -3.04. The molecule has 0 saturated carbocycles. The van der Waals surface area contributed by atoms with Crippen LogP contribution < -0.4 is 0 Å². The first-order chi connectivity index (χ1) is 9.03. The number of pyridine rings is 1. The van der Waals surface area contributed by atoms with E-state index in [1.165, 1.54) is 0 Å². The first-order valence-electron chi connectivity index (χ1n) is 6.16. The van der Waals surface area contributed by atoms with Crippen LogP contribution in [0.3, 0.4) is 0 Å². The van der Waals surface area contributed by atoms with E-state index in [0.717, 1.165) is 17.9 Å². The van der Waals surface area contributed by atoms with Crippen molar-refractivity contribution in [1.29, 1.82) is 0 Å².